The Balaban J connectivity index is 2.54. The monoisotopic (exact) mass is 398 g/mol. The van der Waals surface area contributed by atoms with Gasteiger partial charge in [-0.15, -0.1) is 0 Å². The molecule has 2 heterocycles. The van der Waals surface area contributed by atoms with Crippen molar-refractivity contribution in [3.8, 4) is 0 Å². The molecule has 1 aliphatic heterocycles. The summed E-state index contributed by atoms with van der Waals surface area (Å²) in [6.07, 6.45) is 0.206. The minimum Gasteiger partial charge on any atom is -0.408 e. The SMILES string of the molecule is CC[C@@]1(C=O)O[C@@H](n2ccc(=O)[nH]c2=O)[C@@H](OC)C1O[Si](C)(C)C(C)(C)C. The second kappa shape index (κ2) is 7.46. The van der Waals surface area contributed by atoms with E-state index in [-0.39, 0.29) is 5.04 Å². The van der Waals surface area contributed by atoms with Crippen LogP contribution >= 0.6 is 0 Å². The molecule has 1 fully saturated rings. The zero-order valence-electron chi connectivity index (χ0n) is 17.1. The normalized spacial score (nSPS) is 29.1. The van der Waals surface area contributed by atoms with E-state index in [4.69, 9.17) is 13.9 Å². The topological polar surface area (TPSA) is 99.6 Å². The van der Waals surface area contributed by atoms with Crippen LogP contribution in [-0.4, -0.2) is 49.1 Å². The van der Waals surface area contributed by atoms with Gasteiger partial charge in [-0.05, 0) is 24.6 Å². The molecule has 27 heavy (non-hydrogen) atoms. The van der Waals surface area contributed by atoms with E-state index in [2.05, 4.69) is 38.8 Å². The van der Waals surface area contributed by atoms with Crippen LogP contribution in [0, 0.1) is 0 Å². The van der Waals surface area contributed by atoms with E-state index >= 15 is 0 Å². The third kappa shape index (κ3) is 3.87. The number of methoxy groups -OCH3 is 1. The number of carbonyl (C=O) groups is 1. The Bertz CT molecular complexity index is 796. The van der Waals surface area contributed by atoms with Crippen molar-refractivity contribution >= 4 is 14.6 Å². The van der Waals surface area contributed by atoms with Gasteiger partial charge in [-0.2, -0.15) is 0 Å². The minimum atomic E-state index is -2.27. The lowest BCUT2D eigenvalue weighted by Gasteiger charge is -2.42. The molecule has 1 aromatic heterocycles. The molecular formula is C18H30N2O6Si. The molecule has 1 aromatic rings. The maximum atomic E-state index is 12.3. The molecule has 152 valence electrons. The average Bonchev–Trinajstić information content (AvgIpc) is 2.87. The van der Waals surface area contributed by atoms with Crippen molar-refractivity contribution in [2.24, 2.45) is 0 Å². The zero-order valence-corrected chi connectivity index (χ0v) is 18.1. The van der Waals surface area contributed by atoms with Crippen LogP contribution in [0.25, 0.3) is 0 Å². The van der Waals surface area contributed by atoms with E-state index in [1.807, 2.05) is 6.92 Å². The highest BCUT2D eigenvalue weighted by molar-refractivity contribution is 6.74. The number of hydrogen-bond donors (Lipinski definition) is 1. The molecule has 1 saturated heterocycles. The number of aldehydes is 1. The number of hydrogen-bond acceptors (Lipinski definition) is 6. The van der Waals surface area contributed by atoms with E-state index in [1.165, 1.54) is 23.9 Å². The molecule has 4 atom stereocenters. The van der Waals surface area contributed by atoms with Gasteiger partial charge in [0.05, 0.1) is 0 Å². The first-order valence-electron chi connectivity index (χ1n) is 9.08. The summed E-state index contributed by atoms with van der Waals surface area (Å²) in [4.78, 5) is 38.0. The molecule has 1 N–H and O–H groups in total. The van der Waals surface area contributed by atoms with Gasteiger partial charge in [-0.1, -0.05) is 27.7 Å². The van der Waals surface area contributed by atoms with Crippen LogP contribution in [0.15, 0.2) is 21.9 Å². The maximum Gasteiger partial charge on any atom is 0.330 e. The Hall–Kier alpha value is -1.55. The van der Waals surface area contributed by atoms with Crippen molar-refractivity contribution in [3.63, 3.8) is 0 Å². The molecule has 0 bridgehead atoms. The molecule has 0 spiro atoms. The lowest BCUT2D eigenvalue weighted by atomic mass is 9.94. The Kier molecular flexibility index (Phi) is 6.01. The summed E-state index contributed by atoms with van der Waals surface area (Å²) in [6.45, 7) is 12.3. The van der Waals surface area contributed by atoms with Gasteiger partial charge >= 0.3 is 5.69 Å². The number of carbonyl (C=O) groups excluding carboxylic acids is 1. The molecule has 8 nitrogen and oxygen atoms in total. The predicted octanol–water partition coefficient (Wildman–Crippen LogP) is 1.82. The van der Waals surface area contributed by atoms with Crippen molar-refractivity contribution in [2.45, 2.75) is 76.3 Å². The van der Waals surface area contributed by atoms with Crippen LogP contribution in [0.5, 0.6) is 0 Å². The number of aromatic amines is 1. The number of nitrogens with one attached hydrogen (secondary N) is 1. The minimum absolute atomic E-state index is 0.0828. The highest BCUT2D eigenvalue weighted by Gasteiger charge is 2.58. The molecule has 0 saturated carbocycles. The summed E-state index contributed by atoms with van der Waals surface area (Å²) in [5, 5.41) is -0.0828. The summed E-state index contributed by atoms with van der Waals surface area (Å²) in [5.74, 6) is 0. The van der Waals surface area contributed by atoms with E-state index < -0.39 is 43.6 Å². The molecule has 0 aliphatic carbocycles. The van der Waals surface area contributed by atoms with Crippen LogP contribution < -0.4 is 11.2 Å². The fourth-order valence-electron chi connectivity index (χ4n) is 2.99. The summed E-state index contributed by atoms with van der Waals surface area (Å²) in [7, 11) is -0.770. The van der Waals surface area contributed by atoms with Crippen LogP contribution in [-0.2, 0) is 18.7 Å². The second-order valence-electron chi connectivity index (χ2n) is 8.45. The van der Waals surface area contributed by atoms with Gasteiger partial charge < -0.3 is 18.7 Å². The Labute approximate surface area is 160 Å². The Morgan fingerprint density at radius 3 is 2.44 bits per heavy atom. The van der Waals surface area contributed by atoms with Crippen molar-refractivity contribution in [1.82, 2.24) is 9.55 Å². The molecule has 0 radical (unpaired) electrons. The van der Waals surface area contributed by atoms with Crippen LogP contribution in [0.3, 0.4) is 0 Å². The molecule has 0 amide bonds. The smallest absolute Gasteiger partial charge is 0.330 e. The molecule has 9 heteroatoms. The van der Waals surface area contributed by atoms with Gasteiger partial charge in [0.15, 0.2) is 26.4 Å². The first kappa shape index (κ1) is 21.7. The molecule has 1 unspecified atom stereocenters. The summed E-state index contributed by atoms with van der Waals surface area (Å²) < 4.78 is 19.5. The highest BCUT2D eigenvalue weighted by atomic mass is 28.4. The van der Waals surface area contributed by atoms with Crippen molar-refractivity contribution in [3.05, 3.63) is 33.1 Å². The van der Waals surface area contributed by atoms with Crippen molar-refractivity contribution in [2.75, 3.05) is 7.11 Å². The third-order valence-corrected chi connectivity index (χ3v) is 10.2. The second-order valence-corrected chi connectivity index (χ2v) is 13.2. The number of nitrogens with zero attached hydrogens (tertiary/aromatic N) is 1. The van der Waals surface area contributed by atoms with Crippen LogP contribution in [0.2, 0.25) is 18.1 Å². The lowest BCUT2D eigenvalue weighted by molar-refractivity contribution is -0.143. The first-order valence-corrected chi connectivity index (χ1v) is 12.0. The van der Waals surface area contributed by atoms with Crippen LogP contribution in [0.1, 0.15) is 40.3 Å². The van der Waals surface area contributed by atoms with Gasteiger partial charge in [-0.3, -0.25) is 14.3 Å². The molecular weight excluding hydrogens is 368 g/mol. The first-order chi connectivity index (χ1) is 12.4. The highest BCUT2D eigenvalue weighted by Crippen LogP contribution is 2.45. The summed E-state index contributed by atoms with van der Waals surface area (Å²) >= 11 is 0. The quantitative estimate of drug-likeness (QED) is 0.580. The van der Waals surface area contributed by atoms with E-state index in [1.54, 1.807) is 0 Å². The molecule has 1 aliphatic rings. The number of aromatic nitrogens is 2. The number of H-pyrrole nitrogens is 1. The lowest BCUT2D eigenvalue weighted by Crippen LogP contribution is -2.54. The summed E-state index contributed by atoms with van der Waals surface area (Å²) in [5.41, 5.74) is -2.37. The van der Waals surface area contributed by atoms with Crippen molar-refractivity contribution < 1.29 is 18.7 Å². The fourth-order valence-corrected chi connectivity index (χ4v) is 4.31. The molecule has 2 rings (SSSR count). The Morgan fingerprint density at radius 2 is 2.00 bits per heavy atom. The van der Waals surface area contributed by atoms with Gasteiger partial charge in [0.1, 0.15) is 12.2 Å². The average molecular weight is 399 g/mol. The largest absolute Gasteiger partial charge is 0.408 e. The molecule has 0 aromatic carbocycles. The van der Waals surface area contributed by atoms with Gasteiger partial charge in [0, 0.05) is 19.4 Å². The van der Waals surface area contributed by atoms with Gasteiger partial charge in [0.25, 0.3) is 5.56 Å². The maximum absolute atomic E-state index is 12.3. The predicted molar refractivity (Wildman–Crippen MR) is 103 cm³/mol. The van der Waals surface area contributed by atoms with Gasteiger partial charge in [-0.25, -0.2) is 4.79 Å². The number of rotatable bonds is 6. The third-order valence-electron chi connectivity index (χ3n) is 5.78. The summed E-state index contributed by atoms with van der Waals surface area (Å²) in [6, 6.07) is 1.23. The number of ether oxygens (including phenoxy) is 2. The Morgan fingerprint density at radius 1 is 1.37 bits per heavy atom. The van der Waals surface area contributed by atoms with Crippen molar-refractivity contribution in [1.29, 1.82) is 0 Å². The van der Waals surface area contributed by atoms with Crippen LogP contribution in [0.4, 0.5) is 0 Å². The fraction of sp³-hybridized carbons (Fsp3) is 0.722. The van der Waals surface area contributed by atoms with E-state index in [0.717, 1.165) is 6.29 Å². The van der Waals surface area contributed by atoms with Gasteiger partial charge in [0.2, 0.25) is 0 Å². The standard InChI is InChI=1S/C18H30N2O6Si/c1-8-18(11-21)14(26-27(6,7)17(2,3)4)13(24-5)15(25-18)20-10-9-12(22)19-16(20)23/h9-11,13-15H,8H2,1-7H3,(H,19,22,23)/t13-,14?,15+,18-/m0/s1. The van der Waals surface area contributed by atoms with E-state index in [9.17, 15) is 14.4 Å². The zero-order chi connectivity index (χ0) is 20.6. The van der Waals surface area contributed by atoms with E-state index in [0.29, 0.717) is 6.42 Å².